The number of methoxy groups -OCH3 is 1. The predicted molar refractivity (Wildman–Crippen MR) is 269 cm³/mol. The first kappa shape index (κ1) is 57.3. The molecule has 0 spiro atoms. The van der Waals surface area contributed by atoms with Crippen molar-refractivity contribution in [3.8, 4) is 0 Å². The van der Waals surface area contributed by atoms with Crippen LogP contribution in [0.15, 0.2) is 42.6 Å². The van der Waals surface area contributed by atoms with Gasteiger partial charge in [-0.2, -0.15) is 0 Å². The molecule has 1 aromatic carbocycles. The molecular formula is C52H75N9O12. The van der Waals surface area contributed by atoms with Crippen molar-refractivity contribution in [3.05, 3.63) is 48.2 Å². The highest BCUT2D eigenvalue weighted by atomic mass is 16.5. The second-order valence-corrected chi connectivity index (χ2v) is 19.8. The topological polar surface area (TPSA) is 295 Å². The summed E-state index contributed by atoms with van der Waals surface area (Å²) < 4.78 is 4.64. The van der Waals surface area contributed by atoms with Crippen LogP contribution in [0, 0.1) is 11.8 Å². The molecule has 3 aliphatic heterocycles. The first-order valence-electron chi connectivity index (χ1n) is 25.8. The molecule has 0 radical (unpaired) electrons. The number of carbonyl (C=O) groups excluding carboxylic acids is 9. The highest BCUT2D eigenvalue weighted by Crippen LogP contribution is 2.25. The number of fused-ring (bicyclic) bond motifs is 1. The van der Waals surface area contributed by atoms with E-state index in [9.17, 15) is 53.1 Å². The van der Waals surface area contributed by atoms with E-state index in [1.54, 1.807) is 13.1 Å². The number of ketones is 1. The van der Waals surface area contributed by atoms with Crippen molar-refractivity contribution in [2.45, 2.75) is 166 Å². The summed E-state index contributed by atoms with van der Waals surface area (Å²) in [6, 6.07) is -1.15. The number of nitrogens with zero attached hydrogens (tertiary/aromatic N) is 2. The molecule has 0 saturated carbocycles. The van der Waals surface area contributed by atoms with Crippen molar-refractivity contribution in [1.82, 2.24) is 46.7 Å². The quantitative estimate of drug-likeness (QED) is 0.0495. The molecule has 7 amide bonds. The van der Waals surface area contributed by atoms with Crippen LogP contribution in [0.3, 0.4) is 0 Å². The molecular weight excluding hydrogens is 943 g/mol. The Morgan fingerprint density at radius 1 is 0.795 bits per heavy atom. The molecule has 5 rings (SSSR count). The minimum atomic E-state index is -1.17. The number of amides is 7. The number of likely N-dealkylation sites (tertiary alicyclic amines) is 2. The van der Waals surface area contributed by atoms with Gasteiger partial charge in [0.15, 0.2) is 0 Å². The van der Waals surface area contributed by atoms with E-state index in [1.165, 1.54) is 29.1 Å². The fourth-order valence-corrected chi connectivity index (χ4v) is 9.68. The van der Waals surface area contributed by atoms with Crippen LogP contribution in [-0.2, 0) is 59.1 Å². The Bertz CT molecular complexity index is 2350. The summed E-state index contributed by atoms with van der Waals surface area (Å²) in [6.45, 7) is 9.71. The number of para-hydroxylation sites is 1. The third-order valence-electron chi connectivity index (χ3n) is 14.0. The fourth-order valence-electron chi connectivity index (χ4n) is 9.68. The summed E-state index contributed by atoms with van der Waals surface area (Å²) in [5.41, 5.74) is 1.57. The van der Waals surface area contributed by atoms with Crippen LogP contribution in [0.1, 0.15) is 117 Å². The number of aliphatic carboxylic acids is 1. The average Bonchev–Trinajstić information content (AvgIpc) is 4.22. The van der Waals surface area contributed by atoms with E-state index in [1.807, 2.05) is 52.0 Å². The Kier molecular flexibility index (Phi) is 21.5. The number of allylic oxidation sites excluding steroid dienone is 1. The molecule has 2 aromatic rings. The van der Waals surface area contributed by atoms with Gasteiger partial charge in [0, 0.05) is 49.1 Å². The van der Waals surface area contributed by atoms with Gasteiger partial charge in [0.2, 0.25) is 41.4 Å². The van der Waals surface area contributed by atoms with Gasteiger partial charge in [0.25, 0.3) is 0 Å². The number of carbonyl (C=O) groups is 10. The number of H-pyrrole nitrogens is 1. The molecule has 3 fully saturated rings. The Labute approximate surface area is 426 Å². The lowest BCUT2D eigenvalue weighted by Gasteiger charge is -2.33. The highest BCUT2D eigenvalue weighted by Gasteiger charge is 2.43. The number of carboxylic acids is 1. The zero-order valence-corrected chi connectivity index (χ0v) is 43.0. The maximum atomic E-state index is 14.7. The van der Waals surface area contributed by atoms with Crippen molar-refractivity contribution in [2.75, 3.05) is 26.7 Å². The Morgan fingerprint density at radius 3 is 2.07 bits per heavy atom. The fraction of sp³-hybridized carbons (Fsp3) is 0.615. The Morgan fingerprint density at radius 2 is 1.42 bits per heavy atom. The molecule has 1 unspecified atom stereocenters. The normalized spacial score (nSPS) is 20.3. The monoisotopic (exact) mass is 1020 g/mol. The lowest BCUT2D eigenvalue weighted by Crippen LogP contribution is -2.61. The largest absolute Gasteiger partial charge is 0.480 e. The van der Waals surface area contributed by atoms with E-state index in [4.69, 9.17) is 0 Å². The Hall–Kier alpha value is -6.64. The minimum Gasteiger partial charge on any atom is -0.480 e. The Balaban J connectivity index is 1.32. The first-order chi connectivity index (χ1) is 34.9. The van der Waals surface area contributed by atoms with Gasteiger partial charge < -0.3 is 51.2 Å². The molecule has 9 atom stereocenters. The standard InChI is InChI=1S/C52H75N9O12/c1-7-9-17-36(55-45(64)37(19-12-13-22-43(63)73-6)56-47(66)38-27-33(62)29-54-38)46(65)59-44(31(5)8-2)49(68)58-39(25-30(3)4)50(69)60-23-14-20-41(60)48(67)57-40(51(70)61-24-15-21-42(61)52(71)72)26-32-28-53-35-18-11-10-16-34(32)35/h10-11,13,16,18,22,28,30-31,36-42,44,53-54H,7-9,12,14-15,17,19-21,23-27,29H2,1-6H3,(H,55,64)(H,56,66)(H,57,67)(H,58,68)(H,59,65)(H,71,72)/b22-13+/t31?,36-,37-,38-,39-,40-,41-,42-,44-/m0/s1. The second-order valence-electron chi connectivity index (χ2n) is 19.8. The summed E-state index contributed by atoms with van der Waals surface area (Å²) in [4.78, 5) is 141. The van der Waals surface area contributed by atoms with Crippen molar-refractivity contribution < 1.29 is 57.8 Å². The number of hydrogen-bond acceptors (Lipinski definition) is 12. The van der Waals surface area contributed by atoms with Gasteiger partial charge in [-0.05, 0) is 74.8 Å². The number of aromatic amines is 1. The number of benzene rings is 1. The number of rotatable bonds is 26. The van der Waals surface area contributed by atoms with Crippen LogP contribution in [0.25, 0.3) is 10.9 Å². The van der Waals surface area contributed by atoms with Crippen LogP contribution >= 0.6 is 0 Å². The molecule has 1 aromatic heterocycles. The third kappa shape index (κ3) is 15.7. The van der Waals surface area contributed by atoms with Gasteiger partial charge in [0.1, 0.15) is 48.1 Å². The molecule has 0 aliphatic carbocycles. The van der Waals surface area contributed by atoms with Gasteiger partial charge in [-0.15, -0.1) is 0 Å². The van der Waals surface area contributed by atoms with Crippen molar-refractivity contribution in [2.24, 2.45) is 11.8 Å². The van der Waals surface area contributed by atoms with Gasteiger partial charge >= 0.3 is 11.9 Å². The summed E-state index contributed by atoms with van der Waals surface area (Å²) in [5.74, 6) is -6.66. The minimum absolute atomic E-state index is 0.0126. The second kappa shape index (κ2) is 27.4. The summed E-state index contributed by atoms with van der Waals surface area (Å²) >= 11 is 0. The predicted octanol–water partition coefficient (Wildman–Crippen LogP) is 1.92. The van der Waals surface area contributed by atoms with Crippen LogP contribution in [0.5, 0.6) is 0 Å². The molecule has 21 nitrogen and oxygen atoms in total. The lowest BCUT2D eigenvalue weighted by atomic mass is 9.95. The lowest BCUT2D eigenvalue weighted by molar-refractivity contribution is -0.149. The first-order valence-corrected chi connectivity index (χ1v) is 25.8. The van der Waals surface area contributed by atoms with Crippen molar-refractivity contribution in [3.63, 3.8) is 0 Å². The number of carboxylic acid groups (broad SMARTS) is 1. The zero-order valence-electron chi connectivity index (χ0n) is 43.0. The van der Waals surface area contributed by atoms with E-state index in [2.05, 4.69) is 41.6 Å². The molecule has 3 aliphatic rings. The molecule has 0 bridgehead atoms. The maximum Gasteiger partial charge on any atom is 0.330 e. The number of hydrogen-bond donors (Lipinski definition) is 8. The number of nitrogens with one attached hydrogen (secondary N) is 7. The van der Waals surface area contributed by atoms with Crippen LogP contribution < -0.4 is 31.9 Å². The van der Waals surface area contributed by atoms with Gasteiger partial charge in [-0.3, -0.25) is 43.7 Å². The number of esters is 1. The van der Waals surface area contributed by atoms with E-state index in [0.29, 0.717) is 32.1 Å². The molecule has 3 saturated heterocycles. The molecule has 400 valence electrons. The third-order valence-corrected chi connectivity index (χ3v) is 14.0. The summed E-state index contributed by atoms with van der Waals surface area (Å²) in [5, 5.41) is 27.7. The van der Waals surface area contributed by atoms with Crippen LogP contribution in [-0.4, -0.2) is 154 Å². The average molecular weight is 1020 g/mol. The SMILES string of the molecule is CCCC[C@H](NC(=O)[C@H](CC/C=C/C(=O)OC)NC(=O)[C@@H]1CC(=O)CN1)C(=O)N[C@H](C(=O)N[C@@H](CC(C)C)C(=O)N1CCC[C@H]1C(=O)N[C@@H](Cc1c[nH]c2ccccc12)C(=O)N1CCC[C@H]1C(=O)O)C(C)CC. The van der Waals surface area contributed by atoms with Crippen LogP contribution in [0.2, 0.25) is 0 Å². The molecule has 21 heteroatoms. The van der Waals surface area contributed by atoms with Crippen molar-refractivity contribution >= 4 is 70.0 Å². The van der Waals surface area contributed by atoms with Gasteiger partial charge in [-0.25, -0.2) is 9.59 Å². The molecule has 4 heterocycles. The molecule has 73 heavy (non-hydrogen) atoms. The molecule has 8 N–H and O–H groups in total. The van der Waals surface area contributed by atoms with Crippen LogP contribution in [0.4, 0.5) is 0 Å². The number of unbranched alkanes of at least 4 members (excludes halogenated alkanes) is 1. The van der Waals surface area contributed by atoms with Gasteiger partial charge in [0.05, 0.1) is 19.7 Å². The van der Waals surface area contributed by atoms with E-state index in [0.717, 1.165) is 16.5 Å². The van der Waals surface area contributed by atoms with Gasteiger partial charge in [-0.1, -0.05) is 78.2 Å². The highest BCUT2D eigenvalue weighted by molar-refractivity contribution is 5.99. The van der Waals surface area contributed by atoms with E-state index in [-0.39, 0.29) is 82.7 Å². The summed E-state index contributed by atoms with van der Waals surface area (Å²) in [7, 11) is 1.22. The number of Topliss-reactive ketones (excluding diaryl/α,β-unsaturated/α-hetero) is 1. The number of ether oxygens (including phenoxy) is 1. The number of aromatic nitrogens is 1. The zero-order chi connectivity index (χ0) is 53.4. The van der Waals surface area contributed by atoms with Crippen molar-refractivity contribution in [1.29, 1.82) is 0 Å². The summed E-state index contributed by atoms with van der Waals surface area (Å²) in [6.07, 6.45) is 8.15. The van der Waals surface area contributed by atoms with E-state index >= 15 is 0 Å². The van der Waals surface area contributed by atoms with E-state index < -0.39 is 108 Å². The maximum absolute atomic E-state index is 14.7. The smallest absolute Gasteiger partial charge is 0.330 e.